The third-order valence-electron chi connectivity index (χ3n) is 3.20. The smallest absolute Gasteiger partial charge is 0.165 e. The SMILES string of the molecule is Nc1cnc([C@@H]2CCOc3c(F)cccc32)nc1N. The monoisotopic (exact) mass is 260 g/mol. The zero-order chi connectivity index (χ0) is 13.4. The van der Waals surface area contributed by atoms with Gasteiger partial charge in [0.15, 0.2) is 11.6 Å². The van der Waals surface area contributed by atoms with Crippen molar-refractivity contribution in [3.8, 4) is 5.75 Å². The number of ether oxygens (including phenoxy) is 1. The summed E-state index contributed by atoms with van der Waals surface area (Å²) in [6, 6.07) is 4.84. The number of hydrogen-bond donors (Lipinski definition) is 2. The van der Waals surface area contributed by atoms with Crippen molar-refractivity contribution in [2.75, 3.05) is 18.1 Å². The normalized spacial score (nSPS) is 17.6. The molecule has 0 aliphatic carbocycles. The van der Waals surface area contributed by atoms with Crippen LogP contribution < -0.4 is 16.2 Å². The van der Waals surface area contributed by atoms with Gasteiger partial charge >= 0.3 is 0 Å². The number of nitrogens with two attached hydrogens (primary N) is 2. The molecular formula is C13H13FN4O. The van der Waals surface area contributed by atoms with Crippen LogP contribution in [0.4, 0.5) is 15.9 Å². The Morgan fingerprint density at radius 3 is 2.95 bits per heavy atom. The van der Waals surface area contributed by atoms with Crippen molar-refractivity contribution in [1.29, 1.82) is 0 Å². The Hall–Kier alpha value is -2.37. The zero-order valence-electron chi connectivity index (χ0n) is 10.1. The number of aromatic nitrogens is 2. The summed E-state index contributed by atoms with van der Waals surface area (Å²) in [5.41, 5.74) is 12.4. The molecule has 1 aromatic heterocycles. The van der Waals surface area contributed by atoms with Crippen LogP contribution in [0.1, 0.15) is 23.7 Å². The van der Waals surface area contributed by atoms with E-state index in [1.807, 2.05) is 6.07 Å². The standard InChI is InChI=1S/C13H13FN4O/c14-9-3-1-2-7-8(4-5-19-11(7)9)13-17-6-10(15)12(16)18-13/h1-3,6,8H,4-5,15H2,(H2,16,17,18)/t8-/m1/s1. The lowest BCUT2D eigenvalue weighted by Crippen LogP contribution is -2.18. The van der Waals surface area contributed by atoms with E-state index in [1.165, 1.54) is 12.3 Å². The molecule has 1 aliphatic heterocycles. The zero-order valence-corrected chi connectivity index (χ0v) is 10.1. The summed E-state index contributed by atoms with van der Waals surface area (Å²) in [5, 5.41) is 0. The molecule has 0 bridgehead atoms. The minimum atomic E-state index is -0.370. The van der Waals surface area contributed by atoms with Crippen LogP contribution in [0, 0.1) is 5.82 Å². The van der Waals surface area contributed by atoms with Crippen LogP contribution in [-0.4, -0.2) is 16.6 Å². The third kappa shape index (κ3) is 1.95. The lowest BCUT2D eigenvalue weighted by molar-refractivity contribution is 0.260. The fourth-order valence-electron chi connectivity index (χ4n) is 2.24. The Labute approximate surface area is 109 Å². The molecule has 5 nitrogen and oxygen atoms in total. The van der Waals surface area contributed by atoms with Gasteiger partial charge in [0.05, 0.1) is 24.4 Å². The molecule has 3 rings (SSSR count). The molecule has 0 radical (unpaired) electrons. The average Bonchev–Trinajstić information content (AvgIpc) is 2.42. The van der Waals surface area contributed by atoms with Gasteiger partial charge in [-0.15, -0.1) is 0 Å². The highest BCUT2D eigenvalue weighted by Gasteiger charge is 2.27. The molecule has 0 fully saturated rings. The van der Waals surface area contributed by atoms with Crippen LogP contribution in [0.5, 0.6) is 5.75 Å². The van der Waals surface area contributed by atoms with E-state index in [-0.39, 0.29) is 23.3 Å². The summed E-state index contributed by atoms with van der Waals surface area (Å²) in [5.74, 6) is 0.571. The Morgan fingerprint density at radius 1 is 1.32 bits per heavy atom. The Balaban J connectivity index is 2.08. The van der Waals surface area contributed by atoms with Gasteiger partial charge in [-0.3, -0.25) is 0 Å². The molecule has 98 valence electrons. The topological polar surface area (TPSA) is 87.0 Å². The largest absolute Gasteiger partial charge is 0.490 e. The molecule has 1 aliphatic rings. The van der Waals surface area contributed by atoms with E-state index >= 15 is 0 Å². The molecule has 0 unspecified atom stereocenters. The first kappa shape index (κ1) is 11.7. The number of anilines is 2. The van der Waals surface area contributed by atoms with Crippen molar-refractivity contribution in [2.45, 2.75) is 12.3 Å². The fraction of sp³-hybridized carbons (Fsp3) is 0.231. The van der Waals surface area contributed by atoms with Gasteiger partial charge in [-0.1, -0.05) is 12.1 Å². The van der Waals surface area contributed by atoms with Crippen molar-refractivity contribution in [2.24, 2.45) is 0 Å². The Kier molecular flexibility index (Phi) is 2.70. The van der Waals surface area contributed by atoms with Crippen LogP contribution in [0.3, 0.4) is 0 Å². The first-order chi connectivity index (χ1) is 9.16. The van der Waals surface area contributed by atoms with Gasteiger partial charge in [0.1, 0.15) is 11.6 Å². The van der Waals surface area contributed by atoms with E-state index in [0.29, 0.717) is 24.5 Å². The number of hydrogen-bond acceptors (Lipinski definition) is 5. The number of benzene rings is 1. The van der Waals surface area contributed by atoms with E-state index in [2.05, 4.69) is 9.97 Å². The first-order valence-corrected chi connectivity index (χ1v) is 5.96. The molecule has 0 amide bonds. The summed E-state index contributed by atoms with van der Waals surface area (Å²) in [6.07, 6.45) is 2.16. The summed E-state index contributed by atoms with van der Waals surface area (Å²) in [4.78, 5) is 8.39. The van der Waals surface area contributed by atoms with E-state index in [0.717, 1.165) is 5.56 Å². The van der Waals surface area contributed by atoms with Crippen LogP contribution >= 0.6 is 0 Å². The van der Waals surface area contributed by atoms with Gasteiger partial charge in [-0.2, -0.15) is 0 Å². The first-order valence-electron chi connectivity index (χ1n) is 5.96. The van der Waals surface area contributed by atoms with Crippen molar-refractivity contribution in [3.05, 3.63) is 41.6 Å². The number of fused-ring (bicyclic) bond motifs is 1. The molecule has 0 spiro atoms. The highest BCUT2D eigenvalue weighted by Crippen LogP contribution is 2.38. The summed E-state index contributed by atoms with van der Waals surface area (Å²) in [7, 11) is 0. The second-order valence-corrected chi connectivity index (χ2v) is 4.42. The van der Waals surface area contributed by atoms with Gasteiger partial charge in [-0.05, 0) is 12.5 Å². The molecule has 0 saturated carbocycles. The predicted octanol–water partition coefficient (Wildman–Crippen LogP) is 1.69. The molecule has 4 N–H and O–H groups in total. The number of nitrogen functional groups attached to an aromatic ring is 2. The molecular weight excluding hydrogens is 247 g/mol. The maximum Gasteiger partial charge on any atom is 0.165 e. The van der Waals surface area contributed by atoms with Crippen molar-refractivity contribution < 1.29 is 9.13 Å². The summed E-state index contributed by atoms with van der Waals surface area (Å²) < 4.78 is 19.1. The number of rotatable bonds is 1. The quantitative estimate of drug-likeness (QED) is 0.814. The van der Waals surface area contributed by atoms with Crippen molar-refractivity contribution in [3.63, 3.8) is 0 Å². The Bertz CT molecular complexity index is 632. The second-order valence-electron chi connectivity index (χ2n) is 4.42. The average molecular weight is 260 g/mol. The van der Waals surface area contributed by atoms with Crippen LogP contribution in [0.15, 0.2) is 24.4 Å². The molecule has 1 atom stereocenters. The van der Waals surface area contributed by atoms with E-state index in [1.54, 1.807) is 6.07 Å². The lowest BCUT2D eigenvalue weighted by atomic mass is 9.92. The summed E-state index contributed by atoms with van der Waals surface area (Å²) >= 11 is 0. The van der Waals surface area contributed by atoms with Gasteiger partial charge < -0.3 is 16.2 Å². The minimum absolute atomic E-state index is 0.123. The van der Waals surface area contributed by atoms with Gasteiger partial charge in [-0.25, -0.2) is 14.4 Å². The molecule has 2 heterocycles. The van der Waals surface area contributed by atoms with E-state index in [4.69, 9.17) is 16.2 Å². The molecule has 19 heavy (non-hydrogen) atoms. The number of halogens is 1. The fourth-order valence-corrected chi connectivity index (χ4v) is 2.24. The lowest BCUT2D eigenvalue weighted by Gasteiger charge is -2.25. The number of para-hydroxylation sites is 1. The maximum absolute atomic E-state index is 13.7. The van der Waals surface area contributed by atoms with E-state index < -0.39 is 0 Å². The second kappa shape index (κ2) is 4.38. The van der Waals surface area contributed by atoms with Crippen LogP contribution in [0.2, 0.25) is 0 Å². The molecule has 0 saturated heterocycles. The molecule has 6 heteroatoms. The van der Waals surface area contributed by atoms with Crippen molar-refractivity contribution in [1.82, 2.24) is 9.97 Å². The highest BCUT2D eigenvalue weighted by atomic mass is 19.1. The van der Waals surface area contributed by atoms with E-state index in [9.17, 15) is 4.39 Å². The molecule has 2 aromatic rings. The van der Waals surface area contributed by atoms with Gasteiger partial charge in [0.25, 0.3) is 0 Å². The van der Waals surface area contributed by atoms with Crippen LogP contribution in [0.25, 0.3) is 0 Å². The molecule has 1 aromatic carbocycles. The van der Waals surface area contributed by atoms with Gasteiger partial charge in [0, 0.05) is 5.56 Å². The number of nitrogens with zero attached hydrogens (tertiary/aromatic N) is 2. The Morgan fingerprint density at radius 2 is 2.16 bits per heavy atom. The summed E-state index contributed by atoms with van der Waals surface area (Å²) in [6.45, 7) is 0.423. The maximum atomic E-state index is 13.7. The van der Waals surface area contributed by atoms with Gasteiger partial charge in [0.2, 0.25) is 0 Å². The van der Waals surface area contributed by atoms with Crippen molar-refractivity contribution >= 4 is 11.5 Å². The minimum Gasteiger partial charge on any atom is -0.490 e. The third-order valence-corrected chi connectivity index (χ3v) is 3.20. The predicted molar refractivity (Wildman–Crippen MR) is 69.2 cm³/mol. The van der Waals surface area contributed by atoms with Crippen LogP contribution in [-0.2, 0) is 0 Å². The highest BCUT2D eigenvalue weighted by molar-refractivity contribution is 5.56.